The van der Waals surface area contributed by atoms with E-state index in [1.54, 1.807) is 30.6 Å². The lowest BCUT2D eigenvalue weighted by molar-refractivity contribution is 0.102. The Hall–Kier alpha value is -3.56. The second-order valence-electron chi connectivity index (χ2n) is 7.03. The zero-order valence-corrected chi connectivity index (χ0v) is 16.0. The van der Waals surface area contributed by atoms with E-state index >= 15 is 0 Å². The normalized spacial score (nSPS) is 19.0. The molecule has 0 aliphatic carbocycles. The number of benzene rings is 1. The van der Waals surface area contributed by atoms with Gasteiger partial charge < -0.3 is 20.1 Å². The predicted octanol–water partition coefficient (Wildman–Crippen LogP) is 3.34. The third kappa shape index (κ3) is 3.80. The van der Waals surface area contributed by atoms with Crippen LogP contribution < -0.4 is 10.1 Å². The Balaban J connectivity index is 1.70. The van der Waals surface area contributed by atoms with E-state index in [0.29, 0.717) is 28.0 Å². The van der Waals surface area contributed by atoms with E-state index in [9.17, 15) is 18.7 Å². The summed E-state index contributed by atoms with van der Waals surface area (Å²) in [6.45, 7) is -0.0365. The Morgan fingerprint density at radius 3 is 2.83 bits per heavy atom. The van der Waals surface area contributed by atoms with Crippen molar-refractivity contribution in [2.75, 3.05) is 25.5 Å². The molecule has 3 aromatic rings. The fourth-order valence-electron chi connectivity index (χ4n) is 3.61. The molecule has 0 unspecified atom stereocenters. The third-order valence-electron chi connectivity index (χ3n) is 5.02. The Kier molecular flexibility index (Phi) is 5.30. The zero-order chi connectivity index (χ0) is 21.3. The molecule has 156 valence electrons. The highest BCUT2D eigenvalue weighted by atomic mass is 19.1. The Labute approximate surface area is 170 Å². The van der Waals surface area contributed by atoms with Crippen molar-refractivity contribution < 1.29 is 23.4 Å². The minimum absolute atomic E-state index is 0.119. The number of methoxy groups -OCH3 is 1. The molecular formula is C20H19F2N5O3. The summed E-state index contributed by atoms with van der Waals surface area (Å²) >= 11 is 0. The standard InChI is InChI=1S/C20H19F2N5O3/c1-30-13-2-3-15(17(22)7-13)18-14-4-5-23-8-16(14)19(26-25-18)24-12-6-11(21)9-27(10-12)20(28)29/h2-5,7-8,11-12H,6,9-10H2,1H3,(H,24,26)(H,28,29)/t11-,12-/m1/s1. The maximum Gasteiger partial charge on any atom is 0.407 e. The summed E-state index contributed by atoms with van der Waals surface area (Å²) in [4.78, 5) is 16.4. The number of rotatable bonds is 4. The largest absolute Gasteiger partial charge is 0.497 e. The number of nitrogens with zero attached hydrogens (tertiary/aromatic N) is 4. The molecule has 1 amide bonds. The lowest BCUT2D eigenvalue weighted by Crippen LogP contribution is -2.49. The Morgan fingerprint density at radius 2 is 2.10 bits per heavy atom. The smallest absolute Gasteiger partial charge is 0.407 e. The van der Waals surface area contributed by atoms with Gasteiger partial charge in [-0.25, -0.2) is 13.6 Å². The minimum atomic E-state index is -1.28. The number of halogens is 2. The molecule has 2 N–H and O–H groups in total. The third-order valence-corrected chi connectivity index (χ3v) is 5.02. The molecule has 30 heavy (non-hydrogen) atoms. The number of fused-ring (bicyclic) bond motifs is 1. The summed E-state index contributed by atoms with van der Waals surface area (Å²) in [5.74, 6) is 0.210. The van der Waals surface area contributed by atoms with Crippen molar-refractivity contribution >= 4 is 22.7 Å². The molecule has 3 heterocycles. The second kappa shape index (κ2) is 8.05. The monoisotopic (exact) mass is 415 g/mol. The van der Waals surface area contributed by atoms with Crippen molar-refractivity contribution in [1.82, 2.24) is 20.1 Å². The van der Waals surface area contributed by atoms with Crippen LogP contribution in [0.1, 0.15) is 6.42 Å². The van der Waals surface area contributed by atoms with Crippen molar-refractivity contribution in [2.45, 2.75) is 18.6 Å². The zero-order valence-electron chi connectivity index (χ0n) is 16.0. The first-order valence-corrected chi connectivity index (χ1v) is 9.29. The first-order chi connectivity index (χ1) is 14.5. The predicted molar refractivity (Wildman–Crippen MR) is 106 cm³/mol. The van der Waals surface area contributed by atoms with Gasteiger partial charge in [0.25, 0.3) is 0 Å². The van der Waals surface area contributed by atoms with Gasteiger partial charge in [-0.15, -0.1) is 10.2 Å². The SMILES string of the molecule is COc1ccc(-c2nnc(N[C@@H]3C[C@@H](F)CN(C(=O)O)C3)c3cnccc23)c(F)c1. The van der Waals surface area contributed by atoms with Gasteiger partial charge in [0.1, 0.15) is 23.4 Å². The maximum atomic E-state index is 14.6. The van der Waals surface area contributed by atoms with E-state index < -0.39 is 24.1 Å². The lowest BCUT2D eigenvalue weighted by Gasteiger charge is -2.33. The van der Waals surface area contributed by atoms with Gasteiger partial charge in [-0.3, -0.25) is 4.98 Å². The van der Waals surface area contributed by atoms with Gasteiger partial charge in [-0.2, -0.15) is 0 Å². The molecule has 1 aromatic carbocycles. The number of hydrogen-bond acceptors (Lipinski definition) is 6. The molecule has 2 atom stereocenters. The van der Waals surface area contributed by atoms with Crippen LogP contribution in [0.3, 0.4) is 0 Å². The fourth-order valence-corrected chi connectivity index (χ4v) is 3.61. The van der Waals surface area contributed by atoms with Gasteiger partial charge in [0.2, 0.25) is 0 Å². The molecule has 1 aliphatic rings. The second-order valence-corrected chi connectivity index (χ2v) is 7.03. The molecule has 0 spiro atoms. The number of alkyl halides is 1. The number of hydrogen-bond donors (Lipinski definition) is 2. The van der Waals surface area contributed by atoms with E-state index in [1.165, 1.54) is 13.2 Å². The van der Waals surface area contributed by atoms with Crippen LogP contribution in [0.2, 0.25) is 0 Å². The molecule has 0 bridgehead atoms. The Bertz CT molecular complexity index is 1100. The first-order valence-electron chi connectivity index (χ1n) is 9.29. The summed E-state index contributed by atoms with van der Waals surface area (Å²) in [6.07, 6.45) is 0.803. The van der Waals surface area contributed by atoms with Crippen LogP contribution in [0.25, 0.3) is 22.0 Å². The van der Waals surface area contributed by atoms with Crippen molar-refractivity contribution in [2.24, 2.45) is 0 Å². The lowest BCUT2D eigenvalue weighted by atomic mass is 10.0. The van der Waals surface area contributed by atoms with Crippen LogP contribution in [0.4, 0.5) is 19.4 Å². The molecule has 1 fully saturated rings. The van der Waals surface area contributed by atoms with Crippen LogP contribution >= 0.6 is 0 Å². The first kappa shape index (κ1) is 19.7. The summed E-state index contributed by atoms with van der Waals surface area (Å²) in [7, 11) is 1.45. The number of likely N-dealkylation sites (tertiary alicyclic amines) is 1. The quantitative estimate of drug-likeness (QED) is 0.674. The van der Waals surface area contributed by atoms with Crippen LogP contribution in [0, 0.1) is 5.82 Å². The van der Waals surface area contributed by atoms with Gasteiger partial charge in [0.05, 0.1) is 13.7 Å². The average molecular weight is 415 g/mol. The van der Waals surface area contributed by atoms with Crippen molar-refractivity contribution in [3.8, 4) is 17.0 Å². The highest BCUT2D eigenvalue weighted by Crippen LogP contribution is 2.32. The summed E-state index contributed by atoms with van der Waals surface area (Å²) in [6, 6.07) is 5.66. The van der Waals surface area contributed by atoms with Crippen molar-refractivity contribution in [3.05, 3.63) is 42.5 Å². The van der Waals surface area contributed by atoms with E-state index in [2.05, 4.69) is 20.5 Å². The number of piperidine rings is 1. The number of pyridine rings is 1. The van der Waals surface area contributed by atoms with Crippen molar-refractivity contribution in [3.63, 3.8) is 0 Å². The number of carbonyl (C=O) groups is 1. The summed E-state index contributed by atoms with van der Waals surface area (Å²) in [5.41, 5.74) is 0.585. The number of nitrogens with one attached hydrogen (secondary N) is 1. The average Bonchev–Trinajstić information content (AvgIpc) is 2.74. The van der Waals surface area contributed by atoms with E-state index in [-0.39, 0.29) is 25.1 Å². The topological polar surface area (TPSA) is 100 Å². The molecular weight excluding hydrogens is 396 g/mol. The molecule has 2 aromatic heterocycles. The van der Waals surface area contributed by atoms with Gasteiger partial charge in [-0.1, -0.05) is 0 Å². The van der Waals surface area contributed by atoms with Gasteiger partial charge in [0.15, 0.2) is 5.82 Å². The number of carboxylic acid groups (broad SMARTS) is 1. The van der Waals surface area contributed by atoms with Gasteiger partial charge >= 0.3 is 6.09 Å². The van der Waals surface area contributed by atoms with E-state index in [0.717, 1.165) is 4.90 Å². The number of ether oxygens (including phenoxy) is 1. The fraction of sp³-hybridized carbons (Fsp3) is 0.300. The molecule has 1 saturated heterocycles. The van der Waals surface area contributed by atoms with E-state index in [1.807, 2.05) is 0 Å². The molecule has 0 radical (unpaired) electrons. The molecule has 4 rings (SSSR count). The van der Waals surface area contributed by atoms with Crippen LogP contribution in [-0.4, -0.2) is 63.7 Å². The number of aromatic nitrogens is 3. The highest BCUT2D eigenvalue weighted by Gasteiger charge is 2.30. The van der Waals surface area contributed by atoms with Gasteiger partial charge in [-0.05, 0) is 18.2 Å². The Morgan fingerprint density at radius 1 is 1.27 bits per heavy atom. The highest BCUT2D eigenvalue weighted by molar-refractivity contribution is 5.99. The molecule has 8 nitrogen and oxygen atoms in total. The minimum Gasteiger partial charge on any atom is -0.497 e. The molecule has 1 aliphatic heterocycles. The number of amides is 1. The van der Waals surface area contributed by atoms with Crippen LogP contribution in [0.5, 0.6) is 5.75 Å². The summed E-state index contributed by atoms with van der Waals surface area (Å²) < 4.78 is 33.6. The summed E-state index contributed by atoms with van der Waals surface area (Å²) in [5, 5.41) is 21.8. The van der Waals surface area contributed by atoms with Crippen LogP contribution in [0.15, 0.2) is 36.7 Å². The molecule has 0 saturated carbocycles. The van der Waals surface area contributed by atoms with Gasteiger partial charge in [0, 0.05) is 53.8 Å². The number of anilines is 1. The van der Waals surface area contributed by atoms with E-state index in [4.69, 9.17) is 4.74 Å². The van der Waals surface area contributed by atoms with Crippen molar-refractivity contribution in [1.29, 1.82) is 0 Å². The maximum absolute atomic E-state index is 14.6. The molecule has 10 heteroatoms. The van der Waals surface area contributed by atoms with Crippen LogP contribution in [-0.2, 0) is 0 Å².